The van der Waals surface area contributed by atoms with Gasteiger partial charge in [-0.3, -0.25) is 19.2 Å². The molecule has 8 heteroatoms. The Morgan fingerprint density at radius 1 is 1.28 bits per heavy atom. The van der Waals surface area contributed by atoms with E-state index in [1.165, 1.54) is 0 Å². The molecule has 3 fully saturated rings. The summed E-state index contributed by atoms with van der Waals surface area (Å²) in [5, 5.41) is 7.02. The molecule has 2 aliphatic heterocycles. The number of amides is 4. The summed E-state index contributed by atoms with van der Waals surface area (Å²) in [5.74, 6) is -0.389. The smallest absolute Gasteiger partial charge is 0.325 e. The van der Waals surface area contributed by atoms with Crippen LogP contribution < -0.4 is 5.32 Å². The van der Waals surface area contributed by atoms with Gasteiger partial charge in [0.2, 0.25) is 5.91 Å². The fraction of sp³-hybridized carbons (Fsp3) is 0.647. The highest BCUT2D eigenvalue weighted by molar-refractivity contribution is 6.09. The molecule has 4 amide bonds. The second-order valence-corrected chi connectivity index (χ2v) is 7.22. The number of nitrogens with one attached hydrogen (secondary N) is 1. The summed E-state index contributed by atoms with van der Waals surface area (Å²) in [7, 11) is 0. The number of carbonyl (C=O) groups excluding carboxylic acids is 3. The van der Waals surface area contributed by atoms with Crippen LogP contribution in [0.3, 0.4) is 0 Å². The first-order chi connectivity index (χ1) is 12.1. The van der Waals surface area contributed by atoms with Crippen molar-refractivity contribution in [2.75, 3.05) is 13.1 Å². The van der Waals surface area contributed by atoms with E-state index in [1.54, 1.807) is 11.1 Å². The van der Waals surface area contributed by atoms with Crippen LogP contribution in [0.4, 0.5) is 4.79 Å². The summed E-state index contributed by atoms with van der Waals surface area (Å²) in [6, 6.07) is 1.49. The maximum Gasteiger partial charge on any atom is 0.325 e. The third kappa shape index (κ3) is 2.79. The first-order valence-electron chi connectivity index (χ1n) is 9.00. The van der Waals surface area contributed by atoms with Crippen LogP contribution in [-0.4, -0.2) is 62.1 Å². The van der Waals surface area contributed by atoms with Crippen LogP contribution in [0, 0.1) is 0 Å². The largest absolute Gasteiger partial charge is 0.336 e. The summed E-state index contributed by atoms with van der Waals surface area (Å²) in [6.45, 7) is 1.14. The van der Waals surface area contributed by atoms with E-state index in [1.807, 2.05) is 16.9 Å². The maximum absolute atomic E-state index is 12.8. The Bertz CT molecular complexity index is 680. The Morgan fingerprint density at radius 3 is 2.80 bits per heavy atom. The molecule has 2 saturated heterocycles. The molecule has 25 heavy (non-hydrogen) atoms. The van der Waals surface area contributed by atoms with Crippen molar-refractivity contribution in [1.29, 1.82) is 0 Å². The molecule has 134 valence electrons. The van der Waals surface area contributed by atoms with E-state index in [2.05, 4.69) is 10.4 Å². The molecule has 1 N–H and O–H groups in total. The average Bonchev–Trinajstić information content (AvgIpc) is 3.35. The van der Waals surface area contributed by atoms with Crippen molar-refractivity contribution in [3.8, 4) is 0 Å². The van der Waals surface area contributed by atoms with Crippen LogP contribution in [0.5, 0.6) is 0 Å². The Labute approximate surface area is 146 Å². The monoisotopic (exact) mass is 345 g/mol. The van der Waals surface area contributed by atoms with Crippen LogP contribution >= 0.6 is 0 Å². The van der Waals surface area contributed by atoms with Crippen LogP contribution in [-0.2, 0) is 16.1 Å². The van der Waals surface area contributed by atoms with Crippen LogP contribution in [0.15, 0.2) is 18.5 Å². The van der Waals surface area contributed by atoms with Gasteiger partial charge in [-0.2, -0.15) is 5.10 Å². The van der Waals surface area contributed by atoms with Crippen LogP contribution in [0.25, 0.3) is 0 Å². The van der Waals surface area contributed by atoms with E-state index in [4.69, 9.17) is 0 Å². The van der Waals surface area contributed by atoms with E-state index in [9.17, 15) is 14.4 Å². The minimum atomic E-state index is -0.753. The summed E-state index contributed by atoms with van der Waals surface area (Å²) < 4.78 is 1.82. The van der Waals surface area contributed by atoms with Crippen LogP contribution in [0.1, 0.15) is 38.5 Å². The third-order valence-electron chi connectivity index (χ3n) is 5.65. The number of urea groups is 1. The molecule has 0 radical (unpaired) electrons. The Balaban J connectivity index is 1.42. The van der Waals surface area contributed by atoms with Gasteiger partial charge in [0, 0.05) is 18.9 Å². The molecule has 3 heterocycles. The quantitative estimate of drug-likeness (QED) is 0.815. The van der Waals surface area contributed by atoms with Crippen molar-refractivity contribution in [3.63, 3.8) is 0 Å². The molecule has 1 aromatic heterocycles. The molecule has 1 saturated carbocycles. The highest BCUT2D eigenvalue weighted by Crippen LogP contribution is 2.35. The van der Waals surface area contributed by atoms with Crippen molar-refractivity contribution in [2.45, 2.75) is 56.7 Å². The predicted octanol–water partition coefficient (Wildman–Crippen LogP) is 0.739. The molecular formula is C17H23N5O3. The van der Waals surface area contributed by atoms with E-state index >= 15 is 0 Å². The molecule has 1 atom stereocenters. The SMILES string of the molecule is O=C1NC2(CCCC2)C(=O)N1CC(=O)N1CCC[C@@H]1Cn1cccn1. The molecule has 1 aliphatic carbocycles. The van der Waals surface area contributed by atoms with Gasteiger partial charge >= 0.3 is 6.03 Å². The molecule has 4 rings (SSSR count). The maximum atomic E-state index is 12.8. The van der Waals surface area contributed by atoms with Crippen molar-refractivity contribution in [2.24, 2.45) is 0 Å². The molecular weight excluding hydrogens is 322 g/mol. The van der Waals surface area contributed by atoms with Gasteiger partial charge in [0.1, 0.15) is 12.1 Å². The van der Waals surface area contributed by atoms with Gasteiger partial charge < -0.3 is 10.2 Å². The normalized spacial score (nSPS) is 25.2. The lowest BCUT2D eigenvalue weighted by molar-refractivity contribution is -0.139. The average molecular weight is 345 g/mol. The van der Waals surface area contributed by atoms with Crippen molar-refractivity contribution >= 4 is 17.8 Å². The van der Waals surface area contributed by atoms with Gasteiger partial charge in [0.25, 0.3) is 5.91 Å². The highest BCUT2D eigenvalue weighted by Gasteiger charge is 2.53. The number of nitrogens with zero attached hydrogens (tertiary/aromatic N) is 4. The lowest BCUT2D eigenvalue weighted by Crippen LogP contribution is -2.47. The van der Waals surface area contributed by atoms with Crippen molar-refractivity contribution in [3.05, 3.63) is 18.5 Å². The second kappa shape index (κ2) is 6.16. The van der Waals surface area contributed by atoms with Gasteiger partial charge in [-0.05, 0) is 31.7 Å². The molecule has 0 aromatic carbocycles. The zero-order valence-corrected chi connectivity index (χ0v) is 14.2. The van der Waals surface area contributed by atoms with Crippen molar-refractivity contribution in [1.82, 2.24) is 24.9 Å². The number of carbonyl (C=O) groups is 3. The number of imide groups is 1. The Hall–Kier alpha value is -2.38. The highest BCUT2D eigenvalue weighted by atomic mass is 16.2. The van der Waals surface area contributed by atoms with Gasteiger partial charge in [-0.1, -0.05) is 12.8 Å². The fourth-order valence-electron chi connectivity index (χ4n) is 4.34. The molecule has 0 bridgehead atoms. The van der Waals surface area contributed by atoms with Gasteiger partial charge in [-0.15, -0.1) is 0 Å². The van der Waals surface area contributed by atoms with E-state index in [0.717, 1.165) is 30.6 Å². The summed E-state index contributed by atoms with van der Waals surface area (Å²) in [5.41, 5.74) is -0.753. The molecule has 1 aromatic rings. The standard InChI is InChI=1S/C17H23N5O3/c23-14(21-10-3-5-13(21)11-20-9-4-8-18-20)12-22-15(24)17(19-16(22)25)6-1-2-7-17/h4,8-9,13H,1-3,5-7,10-12H2,(H,19,25)/t13-/m1/s1. The lowest BCUT2D eigenvalue weighted by atomic mass is 9.98. The van der Waals surface area contributed by atoms with Crippen LogP contribution in [0.2, 0.25) is 0 Å². The van der Waals surface area contributed by atoms with E-state index in [0.29, 0.717) is 25.9 Å². The number of likely N-dealkylation sites (tertiary alicyclic amines) is 1. The molecule has 3 aliphatic rings. The number of aromatic nitrogens is 2. The summed E-state index contributed by atoms with van der Waals surface area (Å²) in [4.78, 5) is 40.6. The Morgan fingerprint density at radius 2 is 2.08 bits per heavy atom. The van der Waals surface area contributed by atoms with E-state index in [-0.39, 0.29) is 24.4 Å². The fourth-order valence-corrected chi connectivity index (χ4v) is 4.34. The zero-order chi connectivity index (χ0) is 17.4. The zero-order valence-electron chi connectivity index (χ0n) is 14.2. The number of hydrogen-bond acceptors (Lipinski definition) is 4. The summed E-state index contributed by atoms with van der Waals surface area (Å²) in [6.07, 6.45) is 8.66. The predicted molar refractivity (Wildman–Crippen MR) is 88.4 cm³/mol. The topological polar surface area (TPSA) is 87.5 Å². The molecule has 1 spiro atoms. The van der Waals surface area contributed by atoms with Gasteiger partial charge in [-0.25, -0.2) is 4.79 Å². The third-order valence-corrected chi connectivity index (χ3v) is 5.65. The van der Waals surface area contributed by atoms with Gasteiger partial charge in [0.15, 0.2) is 0 Å². The summed E-state index contributed by atoms with van der Waals surface area (Å²) >= 11 is 0. The molecule has 0 unspecified atom stereocenters. The Kier molecular flexibility index (Phi) is 3.97. The first kappa shape index (κ1) is 16.1. The number of hydrogen-bond donors (Lipinski definition) is 1. The van der Waals surface area contributed by atoms with Gasteiger partial charge in [0.05, 0.1) is 12.6 Å². The van der Waals surface area contributed by atoms with Crippen molar-refractivity contribution < 1.29 is 14.4 Å². The first-order valence-corrected chi connectivity index (χ1v) is 9.00. The van der Waals surface area contributed by atoms with E-state index < -0.39 is 11.6 Å². The molecule has 8 nitrogen and oxygen atoms in total. The lowest BCUT2D eigenvalue weighted by Gasteiger charge is -2.26. The second-order valence-electron chi connectivity index (χ2n) is 7.22. The minimum Gasteiger partial charge on any atom is -0.336 e. The number of rotatable bonds is 4. The minimum absolute atomic E-state index is 0.0635.